The molecule has 5 heteroatoms. The third-order valence-corrected chi connectivity index (χ3v) is 4.04. The van der Waals surface area contributed by atoms with Gasteiger partial charge in [-0.1, -0.05) is 23.7 Å². The van der Waals surface area contributed by atoms with Crippen LogP contribution in [0.3, 0.4) is 0 Å². The van der Waals surface area contributed by atoms with E-state index < -0.39 is 0 Å². The molecule has 0 atom stereocenters. The summed E-state index contributed by atoms with van der Waals surface area (Å²) in [7, 11) is 1.61. The Morgan fingerprint density at radius 3 is 2.89 bits per heavy atom. The van der Waals surface area contributed by atoms with Gasteiger partial charge in [-0.05, 0) is 18.2 Å². The van der Waals surface area contributed by atoms with Gasteiger partial charge < -0.3 is 10.5 Å². The number of benzene rings is 1. The normalized spacial score (nSPS) is 10.3. The van der Waals surface area contributed by atoms with Crippen molar-refractivity contribution in [3.05, 3.63) is 47.1 Å². The van der Waals surface area contributed by atoms with Gasteiger partial charge in [-0.15, -0.1) is 11.8 Å². The van der Waals surface area contributed by atoms with E-state index in [1.54, 1.807) is 25.1 Å². The van der Waals surface area contributed by atoms with Gasteiger partial charge in [0.2, 0.25) is 5.88 Å². The number of hydrogen-bond donors (Lipinski definition) is 1. The molecule has 94 valence electrons. The zero-order chi connectivity index (χ0) is 13.0. The molecule has 0 aliphatic carbocycles. The maximum atomic E-state index is 6.12. The van der Waals surface area contributed by atoms with Crippen molar-refractivity contribution in [1.29, 1.82) is 0 Å². The standard InChI is InChI=1S/C13H13ClN2OS/c1-17-13-9(4-3-7-16-13)8-18-12-10(14)5-2-6-11(12)15/h2-7H,8,15H2,1H3. The number of pyridine rings is 1. The van der Waals surface area contributed by atoms with Crippen LogP contribution in [0, 0.1) is 0 Å². The summed E-state index contributed by atoms with van der Waals surface area (Å²) >= 11 is 7.70. The second-order valence-electron chi connectivity index (χ2n) is 3.62. The average molecular weight is 281 g/mol. The lowest BCUT2D eigenvalue weighted by Crippen LogP contribution is -1.94. The third-order valence-electron chi connectivity index (χ3n) is 2.41. The second-order valence-corrected chi connectivity index (χ2v) is 5.01. The summed E-state index contributed by atoms with van der Waals surface area (Å²) < 4.78 is 5.21. The quantitative estimate of drug-likeness (QED) is 0.686. The number of methoxy groups -OCH3 is 1. The molecular formula is C13H13ClN2OS. The zero-order valence-electron chi connectivity index (χ0n) is 9.89. The summed E-state index contributed by atoms with van der Waals surface area (Å²) in [4.78, 5) is 5.05. The van der Waals surface area contributed by atoms with Crippen LogP contribution in [0.15, 0.2) is 41.4 Å². The minimum atomic E-state index is 0.635. The lowest BCUT2D eigenvalue weighted by Gasteiger charge is -2.09. The Labute approximate surface area is 115 Å². The van der Waals surface area contributed by atoms with Gasteiger partial charge in [0.15, 0.2) is 0 Å². The van der Waals surface area contributed by atoms with E-state index in [4.69, 9.17) is 22.1 Å². The number of hydrogen-bond acceptors (Lipinski definition) is 4. The highest BCUT2D eigenvalue weighted by molar-refractivity contribution is 7.98. The van der Waals surface area contributed by atoms with Crippen LogP contribution in [-0.2, 0) is 5.75 Å². The summed E-state index contributed by atoms with van der Waals surface area (Å²) in [6.07, 6.45) is 1.71. The van der Waals surface area contributed by atoms with Gasteiger partial charge in [0.1, 0.15) is 0 Å². The van der Waals surface area contributed by atoms with E-state index in [2.05, 4.69) is 4.98 Å². The topological polar surface area (TPSA) is 48.1 Å². The van der Waals surface area contributed by atoms with Crippen molar-refractivity contribution in [1.82, 2.24) is 4.98 Å². The van der Waals surface area contributed by atoms with E-state index in [1.807, 2.05) is 30.3 Å². The number of nitrogens with zero attached hydrogens (tertiary/aromatic N) is 1. The van der Waals surface area contributed by atoms with Crippen molar-refractivity contribution in [3.8, 4) is 5.88 Å². The molecule has 0 aliphatic rings. The van der Waals surface area contributed by atoms with Crippen LogP contribution in [0.2, 0.25) is 5.02 Å². The second kappa shape index (κ2) is 5.98. The lowest BCUT2D eigenvalue weighted by molar-refractivity contribution is 0.394. The van der Waals surface area contributed by atoms with Gasteiger partial charge in [0.05, 0.1) is 12.1 Å². The lowest BCUT2D eigenvalue weighted by atomic mass is 10.3. The first-order valence-corrected chi connectivity index (χ1v) is 6.73. The summed E-state index contributed by atoms with van der Waals surface area (Å²) in [5.74, 6) is 1.35. The van der Waals surface area contributed by atoms with E-state index in [0.29, 0.717) is 22.3 Å². The maximum absolute atomic E-state index is 6.12. The number of thioether (sulfide) groups is 1. The molecule has 0 bridgehead atoms. The first-order valence-electron chi connectivity index (χ1n) is 5.37. The van der Waals surface area contributed by atoms with Crippen LogP contribution in [-0.4, -0.2) is 12.1 Å². The molecule has 3 nitrogen and oxygen atoms in total. The minimum absolute atomic E-state index is 0.635. The molecule has 2 aromatic rings. The van der Waals surface area contributed by atoms with Crippen molar-refractivity contribution in [2.75, 3.05) is 12.8 Å². The van der Waals surface area contributed by atoms with Crippen molar-refractivity contribution < 1.29 is 4.74 Å². The number of rotatable bonds is 4. The smallest absolute Gasteiger partial charge is 0.217 e. The van der Waals surface area contributed by atoms with Crippen molar-refractivity contribution >= 4 is 29.1 Å². The zero-order valence-corrected chi connectivity index (χ0v) is 11.5. The molecule has 1 aromatic heterocycles. The highest BCUT2D eigenvalue weighted by Gasteiger charge is 2.08. The molecule has 2 N–H and O–H groups in total. The Bertz CT molecular complexity index is 528. The Balaban J connectivity index is 2.16. The van der Waals surface area contributed by atoms with Gasteiger partial charge in [0, 0.05) is 28.1 Å². The van der Waals surface area contributed by atoms with Crippen LogP contribution < -0.4 is 10.5 Å². The minimum Gasteiger partial charge on any atom is -0.481 e. The highest BCUT2D eigenvalue weighted by atomic mass is 35.5. The summed E-state index contributed by atoms with van der Waals surface area (Å²) in [6.45, 7) is 0. The molecular weight excluding hydrogens is 268 g/mol. The van der Waals surface area contributed by atoms with Gasteiger partial charge >= 0.3 is 0 Å². The van der Waals surface area contributed by atoms with Gasteiger partial charge in [-0.25, -0.2) is 4.98 Å². The summed E-state index contributed by atoms with van der Waals surface area (Å²) in [5, 5.41) is 0.669. The molecule has 2 rings (SSSR count). The first kappa shape index (κ1) is 13.1. The SMILES string of the molecule is COc1ncccc1CSc1c(N)cccc1Cl. The number of aromatic nitrogens is 1. The predicted octanol–water partition coefficient (Wildman–Crippen LogP) is 3.62. The fraction of sp³-hybridized carbons (Fsp3) is 0.154. The van der Waals surface area contributed by atoms with E-state index in [-0.39, 0.29) is 0 Å². The number of nitrogen functional groups attached to an aromatic ring is 1. The molecule has 0 spiro atoms. The van der Waals surface area contributed by atoms with Crippen LogP contribution in [0.4, 0.5) is 5.69 Å². The van der Waals surface area contributed by atoms with Crippen LogP contribution in [0.25, 0.3) is 0 Å². The molecule has 0 fully saturated rings. The monoisotopic (exact) mass is 280 g/mol. The van der Waals surface area contributed by atoms with Gasteiger partial charge in [-0.3, -0.25) is 0 Å². The van der Waals surface area contributed by atoms with Crippen molar-refractivity contribution in [2.45, 2.75) is 10.6 Å². The Morgan fingerprint density at radius 1 is 1.33 bits per heavy atom. The molecule has 1 aromatic carbocycles. The third kappa shape index (κ3) is 2.89. The fourth-order valence-electron chi connectivity index (χ4n) is 1.55. The van der Waals surface area contributed by atoms with Crippen LogP contribution in [0.5, 0.6) is 5.88 Å². The molecule has 1 heterocycles. The highest BCUT2D eigenvalue weighted by Crippen LogP contribution is 2.35. The Hall–Kier alpha value is -1.39. The van der Waals surface area contributed by atoms with E-state index in [1.165, 1.54) is 0 Å². The maximum Gasteiger partial charge on any atom is 0.217 e. The summed E-state index contributed by atoms with van der Waals surface area (Å²) in [5.41, 5.74) is 7.61. The van der Waals surface area contributed by atoms with Crippen molar-refractivity contribution in [3.63, 3.8) is 0 Å². The van der Waals surface area contributed by atoms with Crippen molar-refractivity contribution in [2.24, 2.45) is 0 Å². The molecule has 18 heavy (non-hydrogen) atoms. The first-order chi connectivity index (χ1) is 8.72. The number of nitrogens with two attached hydrogens (primary N) is 1. The Kier molecular flexibility index (Phi) is 4.33. The number of halogens is 1. The molecule has 0 saturated heterocycles. The largest absolute Gasteiger partial charge is 0.481 e. The van der Waals surface area contributed by atoms with Crippen LogP contribution in [0.1, 0.15) is 5.56 Å². The number of ether oxygens (including phenoxy) is 1. The van der Waals surface area contributed by atoms with Gasteiger partial charge in [0.25, 0.3) is 0 Å². The van der Waals surface area contributed by atoms with Crippen LogP contribution >= 0.6 is 23.4 Å². The molecule has 0 saturated carbocycles. The molecule has 0 amide bonds. The van der Waals surface area contributed by atoms with E-state index in [0.717, 1.165) is 10.5 Å². The molecule has 0 unspecified atom stereocenters. The van der Waals surface area contributed by atoms with E-state index in [9.17, 15) is 0 Å². The average Bonchev–Trinajstić information content (AvgIpc) is 2.38. The molecule has 0 radical (unpaired) electrons. The van der Waals surface area contributed by atoms with Gasteiger partial charge in [-0.2, -0.15) is 0 Å². The Morgan fingerprint density at radius 2 is 2.17 bits per heavy atom. The number of anilines is 1. The summed E-state index contributed by atoms with van der Waals surface area (Å²) in [6, 6.07) is 9.38. The predicted molar refractivity (Wildman–Crippen MR) is 76.2 cm³/mol. The van der Waals surface area contributed by atoms with E-state index >= 15 is 0 Å². The molecule has 0 aliphatic heterocycles. The fourth-order valence-corrected chi connectivity index (χ4v) is 2.85.